The number of piperazine rings is 1. The van der Waals surface area contributed by atoms with Gasteiger partial charge < -0.3 is 30.7 Å². The summed E-state index contributed by atoms with van der Waals surface area (Å²) in [6.45, 7) is 10.2. The number of carbonyl (C=O) groups is 4. The summed E-state index contributed by atoms with van der Waals surface area (Å²) in [6, 6.07) is -1.82. The molecule has 0 bridgehead atoms. The van der Waals surface area contributed by atoms with Crippen LogP contribution in [0.2, 0.25) is 0 Å². The van der Waals surface area contributed by atoms with Gasteiger partial charge in [-0.05, 0) is 33.6 Å². The van der Waals surface area contributed by atoms with E-state index < -0.39 is 41.6 Å². The molecule has 11 heteroatoms. The molecule has 0 aromatic heterocycles. The predicted molar refractivity (Wildman–Crippen MR) is 107 cm³/mol. The summed E-state index contributed by atoms with van der Waals surface area (Å²) in [5.41, 5.74) is 4.78. The molecule has 2 fully saturated rings. The average Bonchev–Trinajstić information content (AvgIpc) is 2.63. The van der Waals surface area contributed by atoms with Crippen LogP contribution in [0.1, 0.15) is 33.6 Å². The highest BCUT2D eigenvalue weighted by Crippen LogP contribution is 2.32. The first-order chi connectivity index (χ1) is 13.9. The van der Waals surface area contributed by atoms with Crippen LogP contribution in [-0.2, 0) is 14.3 Å². The van der Waals surface area contributed by atoms with Crippen molar-refractivity contribution in [2.45, 2.75) is 45.3 Å². The third kappa shape index (κ3) is 5.55. The molecule has 0 saturated carbocycles. The van der Waals surface area contributed by atoms with Gasteiger partial charge in [0, 0.05) is 32.7 Å². The quantitative estimate of drug-likeness (QED) is 0.409. The number of carbonyl (C=O) groups excluding carboxylic acids is 3. The molecule has 2 rings (SSSR count). The minimum Gasteiger partial charge on any atom is -0.480 e. The number of hydrogen-bond donors (Lipinski definition) is 3. The van der Waals surface area contributed by atoms with Crippen LogP contribution in [0.3, 0.4) is 0 Å². The number of rotatable bonds is 6. The first kappa shape index (κ1) is 23.3. The van der Waals surface area contributed by atoms with Crippen LogP contribution in [0.5, 0.6) is 0 Å². The lowest BCUT2D eigenvalue weighted by atomic mass is 9.83. The van der Waals surface area contributed by atoms with Gasteiger partial charge in [-0.3, -0.25) is 4.79 Å². The molecule has 11 nitrogen and oxygen atoms in total. The summed E-state index contributed by atoms with van der Waals surface area (Å²) < 4.78 is 5.32. The molecule has 4 N–H and O–H groups in total. The molecule has 0 aromatic carbocycles. The fourth-order valence-corrected chi connectivity index (χ4v) is 3.46. The maximum atomic E-state index is 12.8. The van der Waals surface area contributed by atoms with Gasteiger partial charge in [-0.15, -0.1) is 0 Å². The molecule has 1 unspecified atom stereocenters. The number of carboxylic acid groups (broad SMARTS) is 1. The third-order valence-electron chi connectivity index (χ3n) is 4.92. The van der Waals surface area contributed by atoms with E-state index in [2.05, 4.69) is 11.9 Å². The number of nitrogens with two attached hydrogens (primary N) is 1. The Bertz CT molecular complexity index is 711. The van der Waals surface area contributed by atoms with E-state index in [0.29, 0.717) is 25.2 Å². The van der Waals surface area contributed by atoms with Gasteiger partial charge in [-0.2, -0.15) is 0 Å². The lowest BCUT2D eigenvalue weighted by Gasteiger charge is -2.46. The number of likely N-dealkylation sites (tertiary alicyclic amines) is 1. The lowest BCUT2D eigenvalue weighted by Crippen LogP contribution is -2.69. The van der Waals surface area contributed by atoms with E-state index in [1.165, 1.54) is 9.80 Å². The van der Waals surface area contributed by atoms with Crippen molar-refractivity contribution >= 4 is 24.0 Å². The van der Waals surface area contributed by atoms with Crippen molar-refractivity contribution in [3.05, 3.63) is 12.4 Å². The monoisotopic (exact) mass is 425 g/mol. The molecule has 2 heterocycles. The zero-order valence-electron chi connectivity index (χ0n) is 17.7. The molecule has 0 aliphatic carbocycles. The highest BCUT2D eigenvalue weighted by atomic mass is 16.6. The van der Waals surface area contributed by atoms with Crippen molar-refractivity contribution in [3.8, 4) is 0 Å². The van der Waals surface area contributed by atoms with Crippen LogP contribution >= 0.6 is 0 Å². The molecular formula is C19H31N5O6. The molecule has 30 heavy (non-hydrogen) atoms. The highest BCUT2D eigenvalue weighted by Gasteiger charge is 2.55. The molecule has 0 spiro atoms. The van der Waals surface area contributed by atoms with E-state index >= 15 is 0 Å². The average molecular weight is 425 g/mol. The van der Waals surface area contributed by atoms with E-state index in [0.717, 1.165) is 4.90 Å². The molecule has 2 atom stereocenters. The van der Waals surface area contributed by atoms with Crippen molar-refractivity contribution in [3.63, 3.8) is 0 Å². The third-order valence-corrected chi connectivity index (χ3v) is 4.92. The zero-order chi connectivity index (χ0) is 22.6. The van der Waals surface area contributed by atoms with Gasteiger partial charge in [0.1, 0.15) is 5.60 Å². The van der Waals surface area contributed by atoms with E-state index in [-0.39, 0.29) is 26.2 Å². The normalized spacial score (nSPS) is 21.7. The van der Waals surface area contributed by atoms with Gasteiger partial charge in [0.05, 0.1) is 11.7 Å². The highest BCUT2D eigenvalue weighted by molar-refractivity contribution is 6.07. The van der Waals surface area contributed by atoms with E-state index in [1.54, 1.807) is 20.8 Å². The Balaban J connectivity index is 1.90. The molecule has 4 amide bonds. The fraction of sp³-hybridized carbons (Fsp3) is 0.684. The predicted octanol–water partition coefficient (Wildman–Crippen LogP) is 0.370. The Kier molecular flexibility index (Phi) is 7.16. The second-order valence-electron chi connectivity index (χ2n) is 8.43. The van der Waals surface area contributed by atoms with Gasteiger partial charge in [-0.1, -0.05) is 6.58 Å². The second-order valence-corrected chi connectivity index (χ2v) is 8.43. The molecule has 168 valence electrons. The molecule has 2 aliphatic heterocycles. The summed E-state index contributed by atoms with van der Waals surface area (Å²) in [7, 11) is 0. The van der Waals surface area contributed by atoms with Gasteiger partial charge in [0.15, 0.2) is 6.04 Å². The number of aliphatic carboxylic acids is 1. The van der Waals surface area contributed by atoms with Crippen molar-refractivity contribution in [1.82, 2.24) is 20.0 Å². The molecular weight excluding hydrogens is 394 g/mol. The van der Waals surface area contributed by atoms with Crippen LogP contribution in [0.4, 0.5) is 9.59 Å². The number of imide groups is 1. The largest absolute Gasteiger partial charge is 0.480 e. The SMILES string of the molecule is C=C(N)NCCC[C@H]1C(=O)N(C(=O)N2CCN(C(=O)OC(C)(C)C)CC2)C1C(=O)O. The smallest absolute Gasteiger partial charge is 0.410 e. The number of amides is 4. The number of hydrogen-bond acceptors (Lipinski definition) is 7. The number of urea groups is 1. The Labute approximate surface area is 175 Å². The van der Waals surface area contributed by atoms with Crippen molar-refractivity contribution in [2.24, 2.45) is 11.7 Å². The maximum absolute atomic E-state index is 12.8. The second kappa shape index (κ2) is 9.23. The number of ether oxygens (including phenoxy) is 1. The lowest BCUT2D eigenvalue weighted by molar-refractivity contribution is -0.167. The van der Waals surface area contributed by atoms with Gasteiger partial charge in [-0.25, -0.2) is 19.3 Å². The standard InChI is InChI=1S/C19H31N5O6/c1-12(20)21-7-5-6-13-14(16(26)27)24(15(13)25)17(28)22-8-10-23(11-9-22)18(29)30-19(2,3)4/h13-14,21H,1,5-11,20H2,2-4H3,(H,26,27)/t13-,14?/m1/s1. The summed E-state index contributed by atoms with van der Waals surface area (Å²) >= 11 is 0. The van der Waals surface area contributed by atoms with E-state index in [1.807, 2.05) is 0 Å². The Morgan fingerprint density at radius 2 is 1.77 bits per heavy atom. The molecule has 0 aromatic rings. The fourth-order valence-electron chi connectivity index (χ4n) is 3.46. The van der Waals surface area contributed by atoms with Gasteiger partial charge in [0.2, 0.25) is 5.91 Å². The minimum absolute atomic E-state index is 0.196. The number of β-lactam (4-membered cyclic amide) rings is 1. The zero-order valence-corrected chi connectivity index (χ0v) is 17.7. The summed E-state index contributed by atoms with van der Waals surface area (Å²) in [4.78, 5) is 52.7. The molecule has 0 radical (unpaired) electrons. The van der Waals surface area contributed by atoms with Crippen LogP contribution in [-0.4, -0.2) is 88.2 Å². The summed E-state index contributed by atoms with van der Waals surface area (Å²) in [5, 5.41) is 12.3. The Morgan fingerprint density at radius 3 is 2.27 bits per heavy atom. The van der Waals surface area contributed by atoms with Crippen LogP contribution < -0.4 is 11.1 Å². The first-order valence-corrected chi connectivity index (χ1v) is 9.93. The summed E-state index contributed by atoms with van der Waals surface area (Å²) in [5.74, 6) is -2.15. The topological polar surface area (TPSA) is 146 Å². The first-order valence-electron chi connectivity index (χ1n) is 9.93. The molecule has 2 saturated heterocycles. The van der Waals surface area contributed by atoms with E-state index in [9.17, 15) is 24.3 Å². The van der Waals surface area contributed by atoms with Gasteiger partial charge in [0.25, 0.3) is 0 Å². The minimum atomic E-state index is -1.21. The maximum Gasteiger partial charge on any atom is 0.410 e. The summed E-state index contributed by atoms with van der Waals surface area (Å²) in [6.07, 6.45) is 0.381. The van der Waals surface area contributed by atoms with Crippen LogP contribution in [0, 0.1) is 5.92 Å². The molecule has 2 aliphatic rings. The van der Waals surface area contributed by atoms with Crippen LogP contribution in [0.25, 0.3) is 0 Å². The van der Waals surface area contributed by atoms with E-state index in [4.69, 9.17) is 10.5 Å². The van der Waals surface area contributed by atoms with Gasteiger partial charge >= 0.3 is 18.1 Å². The number of carboxylic acids is 1. The van der Waals surface area contributed by atoms with Crippen molar-refractivity contribution < 1.29 is 29.0 Å². The van der Waals surface area contributed by atoms with Crippen molar-refractivity contribution in [2.75, 3.05) is 32.7 Å². The van der Waals surface area contributed by atoms with Crippen LogP contribution in [0.15, 0.2) is 12.4 Å². The Morgan fingerprint density at radius 1 is 1.20 bits per heavy atom. The Hall–Kier alpha value is -2.98. The van der Waals surface area contributed by atoms with Crippen molar-refractivity contribution in [1.29, 1.82) is 0 Å². The number of nitrogens with one attached hydrogen (secondary N) is 1. The number of nitrogens with zero attached hydrogens (tertiary/aromatic N) is 3.